The van der Waals surface area contributed by atoms with E-state index in [9.17, 15) is 0 Å². The van der Waals surface area contributed by atoms with Crippen LogP contribution in [0.25, 0.3) is 0 Å². The van der Waals surface area contributed by atoms with Crippen LogP contribution in [0.5, 0.6) is 5.75 Å². The number of benzene rings is 1. The number of hydrogen-bond donors (Lipinski definition) is 0. The summed E-state index contributed by atoms with van der Waals surface area (Å²) < 4.78 is 5.90. The summed E-state index contributed by atoms with van der Waals surface area (Å²) in [6.07, 6.45) is 2.90. The van der Waals surface area contributed by atoms with Gasteiger partial charge in [-0.2, -0.15) is 0 Å². The molecule has 0 unspecified atom stereocenters. The van der Waals surface area contributed by atoms with Crippen molar-refractivity contribution in [3.63, 3.8) is 0 Å². The van der Waals surface area contributed by atoms with Gasteiger partial charge in [-0.3, -0.25) is 9.88 Å². The summed E-state index contributed by atoms with van der Waals surface area (Å²) >= 11 is 5.98. The molecule has 0 N–H and O–H groups in total. The van der Waals surface area contributed by atoms with Gasteiger partial charge in [0.1, 0.15) is 12.4 Å². The second kappa shape index (κ2) is 9.18. The molecule has 1 aromatic carbocycles. The Kier molecular flexibility index (Phi) is 6.68. The first-order valence-corrected chi connectivity index (χ1v) is 9.32. The minimum Gasteiger partial charge on any atom is -0.492 e. The van der Waals surface area contributed by atoms with Crippen LogP contribution in [0.4, 0.5) is 0 Å². The third-order valence-corrected chi connectivity index (χ3v) is 4.91. The molecule has 0 radical (unpaired) electrons. The molecule has 4 nitrogen and oxygen atoms in total. The van der Waals surface area contributed by atoms with Crippen molar-refractivity contribution in [1.29, 1.82) is 0 Å². The van der Waals surface area contributed by atoms with E-state index in [4.69, 9.17) is 16.3 Å². The van der Waals surface area contributed by atoms with Crippen molar-refractivity contribution in [2.45, 2.75) is 13.3 Å². The lowest BCUT2D eigenvalue weighted by molar-refractivity contribution is 0.117. The average molecular weight is 360 g/mol. The van der Waals surface area contributed by atoms with Crippen molar-refractivity contribution in [2.75, 3.05) is 45.9 Å². The van der Waals surface area contributed by atoms with Crippen LogP contribution in [0.15, 0.2) is 42.6 Å². The lowest BCUT2D eigenvalue weighted by Gasteiger charge is -2.34. The fraction of sp³-hybridized carbons (Fsp3) is 0.450. The zero-order valence-corrected chi connectivity index (χ0v) is 15.6. The van der Waals surface area contributed by atoms with E-state index in [0.717, 1.165) is 68.6 Å². The molecule has 0 spiro atoms. The Labute approximate surface area is 155 Å². The maximum atomic E-state index is 5.98. The van der Waals surface area contributed by atoms with Crippen LogP contribution >= 0.6 is 11.6 Å². The molecule has 2 heterocycles. The Morgan fingerprint density at radius 2 is 1.80 bits per heavy atom. The maximum Gasteiger partial charge on any atom is 0.122 e. The third-order valence-electron chi connectivity index (χ3n) is 4.68. The summed E-state index contributed by atoms with van der Waals surface area (Å²) in [5.41, 5.74) is 2.27. The van der Waals surface area contributed by atoms with Gasteiger partial charge in [-0.25, -0.2) is 0 Å². The highest BCUT2D eigenvalue weighted by molar-refractivity contribution is 6.30. The molecular formula is C20H26ClN3O. The monoisotopic (exact) mass is 359 g/mol. The minimum atomic E-state index is 0.719. The third kappa shape index (κ3) is 5.70. The number of aryl methyl sites for hydroxylation is 1. The number of pyridine rings is 1. The molecule has 1 saturated heterocycles. The molecule has 0 atom stereocenters. The molecule has 0 aliphatic carbocycles. The lowest BCUT2D eigenvalue weighted by Crippen LogP contribution is -2.47. The fourth-order valence-electron chi connectivity index (χ4n) is 3.11. The molecule has 134 valence electrons. The van der Waals surface area contributed by atoms with Crippen LogP contribution in [0.1, 0.15) is 11.3 Å². The minimum absolute atomic E-state index is 0.719. The average Bonchev–Trinajstić information content (AvgIpc) is 2.64. The number of piperazine rings is 1. The summed E-state index contributed by atoms with van der Waals surface area (Å²) in [6, 6.07) is 11.9. The van der Waals surface area contributed by atoms with Crippen LogP contribution < -0.4 is 4.74 Å². The smallest absolute Gasteiger partial charge is 0.122 e. The highest BCUT2D eigenvalue weighted by Gasteiger charge is 2.16. The van der Waals surface area contributed by atoms with Gasteiger partial charge >= 0.3 is 0 Å². The Hall–Kier alpha value is -1.62. The quantitative estimate of drug-likeness (QED) is 0.758. The van der Waals surface area contributed by atoms with Gasteiger partial charge in [0.15, 0.2) is 0 Å². The first-order chi connectivity index (χ1) is 12.2. The largest absolute Gasteiger partial charge is 0.492 e. The molecule has 2 aromatic rings. The van der Waals surface area contributed by atoms with Gasteiger partial charge < -0.3 is 9.64 Å². The molecule has 1 aliphatic heterocycles. The van der Waals surface area contributed by atoms with E-state index >= 15 is 0 Å². The molecule has 5 heteroatoms. The maximum absolute atomic E-state index is 5.98. The molecule has 0 amide bonds. The second-order valence-corrected chi connectivity index (χ2v) is 6.95. The molecule has 1 fully saturated rings. The van der Waals surface area contributed by atoms with Crippen LogP contribution in [0.3, 0.4) is 0 Å². The molecule has 1 aromatic heterocycles. The van der Waals surface area contributed by atoms with Gasteiger partial charge in [-0.1, -0.05) is 17.7 Å². The van der Waals surface area contributed by atoms with Crippen molar-refractivity contribution < 1.29 is 4.74 Å². The van der Waals surface area contributed by atoms with Gasteiger partial charge in [-0.15, -0.1) is 0 Å². The highest BCUT2D eigenvalue weighted by Crippen LogP contribution is 2.21. The number of nitrogens with zero attached hydrogens (tertiary/aromatic N) is 3. The van der Waals surface area contributed by atoms with Crippen molar-refractivity contribution in [1.82, 2.24) is 14.8 Å². The summed E-state index contributed by atoms with van der Waals surface area (Å²) in [4.78, 5) is 9.40. The van der Waals surface area contributed by atoms with Crippen molar-refractivity contribution in [3.8, 4) is 5.75 Å². The molecular weight excluding hydrogens is 334 g/mol. The molecule has 1 aliphatic rings. The van der Waals surface area contributed by atoms with Gasteiger partial charge in [0, 0.05) is 62.6 Å². The molecule has 3 rings (SSSR count). The van der Waals surface area contributed by atoms with Crippen LogP contribution in [0.2, 0.25) is 5.02 Å². The van der Waals surface area contributed by atoms with Gasteiger partial charge in [0.25, 0.3) is 0 Å². The van der Waals surface area contributed by atoms with Gasteiger partial charge in [0.2, 0.25) is 0 Å². The van der Waals surface area contributed by atoms with E-state index in [1.165, 1.54) is 5.69 Å². The van der Waals surface area contributed by atoms with Gasteiger partial charge in [0.05, 0.1) is 0 Å². The van der Waals surface area contributed by atoms with Crippen molar-refractivity contribution in [3.05, 3.63) is 58.9 Å². The van der Waals surface area contributed by atoms with Crippen LogP contribution in [-0.4, -0.2) is 60.7 Å². The molecule has 0 bridgehead atoms. The summed E-state index contributed by atoms with van der Waals surface area (Å²) in [5, 5.41) is 0.756. The standard InChI is InChI=1S/C20H26ClN3O/c1-17-16-18(21)5-6-20(17)25-15-14-24-12-10-23(11-13-24)9-7-19-4-2-3-8-22-19/h2-6,8,16H,7,9-15H2,1H3. The van der Waals surface area contributed by atoms with Crippen LogP contribution in [0, 0.1) is 6.92 Å². The lowest BCUT2D eigenvalue weighted by atomic mass is 10.2. The first kappa shape index (κ1) is 18.2. The molecule has 0 saturated carbocycles. The number of hydrogen-bond acceptors (Lipinski definition) is 4. The topological polar surface area (TPSA) is 28.6 Å². The predicted octanol–water partition coefficient (Wildman–Crippen LogP) is 3.28. The van der Waals surface area contributed by atoms with Crippen molar-refractivity contribution >= 4 is 11.6 Å². The summed E-state index contributed by atoms with van der Waals surface area (Å²) in [5.74, 6) is 0.929. The van der Waals surface area contributed by atoms with E-state index in [1.807, 2.05) is 37.4 Å². The van der Waals surface area contributed by atoms with Gasteiger partial charge in [-0.05, 0) is 42.8 Å². The van der Waals surface area contributed by atoms with Crippen molar-refractivity contribution in [2.24, 2.45) is 0 Å². The number of ether oxygens (including phenoxy) is 1. The zero-order chi connectivity index (χ0) is 17.5. The Morgan fingerprint density at radius 3 is 2.48 bits per heavy atom. The SMILES string of the molecule is Cc1cc(Cl)ccc1OCCN1CCN(CCc2ccccn2)CC1. The number of halogens is 1. The Morgan fingerprint density at radius 1 is 1.04 bits per heavy atom. The van der Waals surface area contributed by atoms with Crippen LogP contribution in [-0.2, 0) is 6.42 Å². The fourth-order valence-corrected chi connectivity index (χ4v) is 3.34. The highest BCUT2D eigenvalue weighted by atomic mass is 35.5. The Balaban J connectivity index is 1.34. The van der Waals surface area contributed by atoms with E-state index < -0.39 is 0 Å². The van der Waals surface area contributed by atoms with E-state index in [2.05, 4.69) is 26.9 Å². The Bertz CT molecular complexity index is 657. The van der Waals surface area contributed by atoms with E-state index in [0.29, 0.717) is 0 Å². The number of rotatable bonds is 7. The normalized spacial score (nSPS) is 16.1. The zero-order valence-electron chi connectivity index (χ0n) is 14.8. The summed E-state index contributed by atoms with van der Waals surface area (Å²) in [7, 11) is 0. The predicted molar refractivity (Wildman–Crippen MR) is 103 cm³/mol. The number of aromatic nitrogens is 1. The summed E-state index contributed by atoms with van der Waals surface area (Å²) in [6.45, 7) is 9.25. The first-order valence-electron chi connectivity index (χ1n) is 8.94. The second-order valence-electron chi connectivity index (χ2n) is 6.51. The van der Waals surface area contributed by atoms with E-state index in [-0.39, 0.29) is 0 Å². The van der Waals surface area contributed by atoms with E-state index in [1.54, 1.807) is 0 Å². The molecule has 25 heavy (non-hydrogen) atoms.